The molecule has 0 unspecified atom stereocenters. The molecular formula is C13H20N4O2. The smallest absolute Gasteiger partial charge is 0.272 e. The fourth-order valence-corrected chi connectivity index (χ4v) is 2.49. The highest BCUT2D eigenvalue weighted by atomic mass is 16.2. The first-order valence-electron chi connectivity index (χ1n) is 6.66. The molecule has 0 bridgehead atoms. The quantitative estimate of drug-likeness (QED) is 0.865. The summed E-state index contributed by atoms with van der Waals surface area (Å²) < 4.78 is 1.72. The van der Waals surface area contributed by atoms with Crippen LogP contribution in [0.3, 0.4) is 0 Å². The van der Waals surface area contributed by atoms with E-state index in [2.05, 4.69) is 5.10 Å². The minimum atomic E-state index is -0.262. The fraction of sp³-hybridized carbons (Fsp3) is 0.615. The van der Waals surface area contributed by atoms with E-state index < -0.39 is 0 Å². The first kappa shape index (κ1) is 13.6. The molecule has 0 saturated carbocycles. The number of aryl methyl sites for hydroxylation is 2. The predicted molar refractivity (Wildman–Crippen MR) is 70.5 cm³/mol. The van der Waals surface area contributed by atoms with Crippen LogP contribution in [0.4, 0.5) is 0 Å². The maximum Gasteiger partial charge on any atom is 0.272 e. The molecule has 0 atom stereocenters. The van der Waals surface area contributed by atoms with Gasteiger partial charge in [-0.15, -0.1) is 0 Å². The zero-order chi connectivity index (χ0) is 14.0. The molecule has 0 spiro atoms. The normalized spacial score (nSPS) is 16.6. The molecule has 1 saturated heterocycles. The maximum atomic E-state index is 12.4. The summed E-state index contributed by atoms with van der Waals surface area (Å²) in [4.78, 5) is 25.3. The van der Waals surface area contributed by atoms with Crippen LogP contribution in [0.25, 0.3) is 0 Å². The Kier molecular flexibility index (Phi) is 3.87. The molecule has 1 aromatic heterocycles. The SMILES string of the molecule is CCn1nc(C)cc1C(=O)N1CCC(C(N)=O)CC1. The number of carbonyl (C=O) groups is 2. The average Bonchev–Trinajstić information content (AvgIpc) is 2.79. The van der Waals surface area contributed by atoms with E-state index in [1.165, 1.54) is 0 Å². The number of hydrogen-bond acceptors (Lipinski definition) is 3. The molecule has 2 amide bonds. The van der Waals surface area contributed by atoms with E-state index in [9.17, 15) is 9.59 Å². The van der Waals surface area contributed by atoms with Crippen LogP contribution in [-0.2, 0) is 11.3 Å². The molecule has 104 valence electrons. The van der Waals surface area contributed by atoms with Crippen molar-refractivity contribution in [2.45, 2.75) is 33.2 Å². The molecule has 1 aliphatic heterocycles. The second kappa shape index (κ2) is 5.42. The number of carbonyl (C=O) groups excluding carboxylic acids is 2. The average molecular weight is 264 g/mol. The highest BCUT2D eigenvalue weighted by Crippen LogP contribution is 2.19. The van der Waals surface area contributed by atoms with E-state index in [4.69, 9.17) is 5.73 Å². The fourth-order valence-electron chi connectivity index (χ4n) is 2.49. The summed E-state index contributed by atoms with van der Waals surface area (Å²) in [5.74, 6) is -0.367. The van der Waals surface area contributed by atoms with Gasteiger partial charge in [0.25, 0.3) is 5.91 Å². The van der Waals surface area contributed by atoms with Gasteiger partial charge in [-0.05, 0) is 32.8 Å². The zero-order valence-electron chi connectivity index (χ0n) is 11.4. The second-order valence-electron chi connectivity index (χ2n) is 4.96. The van der Waals surface area contributed by atoms with Gasteiger partial charge in [-0.2, -0.15) is 5.10 Å². The minimum absolute atomic E-state index is 0.00892. The highest BCUT2D eigenvalue weighted by molar-refractivity contribution is 5.93. The van der Waals surface area contributed by atoms with Crippen LogP contribution in [-0.4, -0.2) is 39.6 Å². The van der Waals surface area contributed by atoms with Gasteiger partial charge in [0.05, 0.1) is 5.69 Å². The lowest BCUT2D eigenvalue weighted by molar-refractivity contribution is -0.123. The van der Waals surface area contributed by atoms with Gasteiger partial charge in [-0.1, -0.05) is 0 Å². The van der Waals surface area contributed by atoms with Crippen molar-refractivity contribution in [2.24, 2.45) is 11.7 Å². The van der Waals surface area contributed by atoms with E-state index >= 15 is 0 Å². The molecule has 2 N–H and O–H groups in total. The predicted octanol–water partition coefficient (Wildman–Crippen LogP) is 0.549. The van der Waals surface area contributed by atoms with Crippen LogP contribution >= 0.6 is 0 Å². The van der Waals surface area contributed by atoms with Crippen LogP contribution in [0.1, 0.15) is 35.9 Å². The third-order valence-electron chi connectivity index (χ3n) is 3.61. The van der Waals surface area contributed by atoms with Gasteiger partial charge in [0.15, 0.2) is 0 Å². The monoisotopic (exact) mass is 264 g/mol. The molecule has 19 heavy (non-hydrogen) atoms. The van der Waals surface area contributed by atoms with E-state index in [1.807, 2.05) is 19.9 Å². The number of primary amides is 1. The molecule has 2 heterocycles. The molecule has 6 nitrogen and oxygen atoms in total. The Hall–Kier alpha value is -1.85. The zero-order valence-corrected chi connectivity index (χ0v) is 11.4. The lowest BCUT2D eigenvalue weighted by atomic mass is 9.96. The largest absolute Gasteiger partial charge is 0.369 e. The van der Waals surface area contributed by atoms with Gasteiger partial charge >= 0.3 is 0 Å². The van der Waals surface area contributed by atoms with E-state index in [-0.39, 0.29) is 17.7 Å². The number of piperidine rings is 1. The molecule has 0 aliphatic carbocycles. The molecule has 1 aromatic rings. The number of amides is 2. The molecular weight excluding hydrogens is 244 g/mol. The first-order valence-corrected chi connectivity index (χ1v) is 6.66. The Morgan fingerprint density at radius 2 is 2.05 bits per heavy atom. The van der Waals surface area contributed by atoms with Crippen LogP contribution in [0.2, 0.25) is 0 Å². The van der Waals surface area contributed by atoms with E-state index in [1.54, 1.807) is 9.58 Å². The van der Waals surface area contributed by atoms with Gasteiger partial charge in [0.2, 0.25) is 5.91 Å². The topological polar surface area (TPSA) is 81.2 Å². The number of hydrogen-bond donors (Lipinski definition) is 1. The van der Waals surface area contributed by atoms with Crippen LogP contribution < -0.4 is 5.73 Å². The summed E-state index contributed by atoms with van der Waals surface area (Å²) in [6, 6.07) is 1.81. The van der Waals surface area contributed by atoms with E-state index in [0.29, 0.717) is 38.2 Å². The molecule has 0 radical (unpaired) electrons. The van der Waals surface area contributed by atoms with Gasteiger partial charge in [0.1, 0.15) is 5.69 Å². The summed E-state index contributed by atoms with van der Waals surface area (Å²) in [5.41, 5.74) is 6.76. The van der Waals surface area contributed by atoms with Crippen molar-refractivity contribution in [2.75, 3.05) is 13.1 Å². The van der Waals surface area contributed by atoms with E-state index in [0.717, 1.165) is 5.69 Å². The van der Waals surface area contributed by atoms with Crippen LogP contribution in [0.15, 0.2) is 6.07 Å². The lowest BCUT2D eigenvalue weighted by Crippen LogP contribution is -2.42. The summed E-state index contributed by atoms with van der Waals surface area (Å²) in [6.45, 7) is 5.68. The Labute approximate surface area is 112 Å². The number of nitrogens with zero attached hydrogens (tertiary/aromatic N) is 3. The Balaban J connectivity index is 2.07. The van der Waals surface area contributed by atoms with Crippen molar-refractivity contribution in [3.05, 3.63) is 17.5 Å². The molecule has 2 rings (SSSR count). The summed E-state index contributed by atoms with van der Waals surface area (Å²) in [7, 11) is 0. The summed E-state index contributed by atoms with van der Waals surface area (Å²) in [5, 5.41) is 4.28. The van der Waals surface area contributed by atoms with Gasteiger partial charge < -0.3 is 10.6 Å². The molecule has 1 aliphatic rings. The number of likely N-dealkylation sites (tertiary alicyclic amines) is 1. The molecule has 0 aromatic carbocycles. The Morgan fingerprint density at radius 1 is 1.42 bits per heavy atom. The van der Waals surface area contributed by atoms with Gasteiger partial charge in [0, 0.05) is 25.6 Å². The maximum absolute atomic E-state index is 12.4. The van der Waals surface area contributed by atoms with Gasteiger partial charge in [-0.25, -0.2) is 0 Å². The number of rotatable bonds is 3. The van der Waals surface area contributed by atoms with Gasteiger partial charge in [-0.3, -0.25) is 14.3 Å². The standard InChI is InChI=1S/C13H20N4O2/c1-3-17-11(8-9(2)15-17)13(19)16-6-4-10(5-7-16)12(14)18/h8,10H,3-7H2,1-2H3,(H2,14,18). The number of aromatic nitrogens is 2. The molecule has 1 fully saturated rings. The van der Waals surface area contributed by atoms with Crippen LogP contribution in [0.5, 0.6) is 0 Å². The Bertz CT molecular complexity index is 487. The molecule has 6 heteroatoms. The van der Waals surface area contributed by atoms with Crippen molar-refractivity contribution in [1.29, 1.82) is 0 Å². The van der Waals surface area contributed by atoms with Crippen molar-refractivity contribution < 1.29 is 9.59 Å². The third-order valence-corrected chi connectivity index (χ3v) is 3.61. The lowest BCUT2D eigenvalue weighted by Gasteiger charge is -2.30. The van der Waals surface area contributed by atoms with Crippen molar-refractivity contribution in [3.63, 3.8) is 0 Å². The summed E-state index contributed by atoms with van der Waals surface area (Å²) >= 11 is 0. The number of nitrogens with two attached hydrogens (primary N) is 1. The highest BCUT2D eigenvalue weighted by Gasteiger charge is 2.27. The summed E-state index contributed by atoms with van der Waals surface area (Å²) in [6.07, 6.45) is 1.31. The van der Waals surface area contributed by atoms with Crippen molar-refractivity contribution in [3.8, 4) is 0 Å². The second-order valence-corrected chi connectivity index (χ2v) is 4.96. The van der Waals surface area contributed by atoms with Crippen molar-refractivity contribution in [1.82, 2.24) is 14.7 Å². The van der Waals surface area contributed by atoms with Crippen molar-refractivity contribution >= 4 is 11.8 Å². The minimum Gasteiger partial charge on any atom is -0.369 e. The van der Waals surface area contributed by atoms with Crippen LogP contribution in [0, 0.1) is 12.8 Å². The first-order chi connectivity index (χ1) is 9.02. The third kappa shape index (κ3) is 2.77. The Morgan fingerprint density at radius 3 is 2.58 bits per heavy atom.